The van der Waals surface area contributed by atoms with Gasteiger partial charge in [0.2, 0.25) is 5.91 Å². The van der Waals surface area contributed by atoms with Gasteiger partial charge in [0.15, 0.2) is 0 Å². The van der Waals surface area contributed by atoms with Gasteiger partial charge in [0.05, 0.1) is 0 Å². The van der Waals surface area contributed by atoms with E-state index in [4.69, 9.17) is 9.79 Å². The van der Waals surface area contributed by atoms with Crippen LogP contribution in [0.25, 0.3) is 0 Å². The van der Waals surface area contributed by atoms with Crippen LogP contribution in [0.2, 0.25) is 0 Å². The number of amides is 1. The minimum absolute atomic E-state index is 0.153. The van der Waals surface area contributed by atoms with E-state index in [0.717, 1.165) is 4.90 Å². The van der Waals surface area contributed by atoms with Gasteiger partial charge in [-0.2, -0.15) is 0 Å². The SMILES string of the molecule is C=CCN(CP(=O)(O)O)C(C)=O. The zero-order valence-corrected chi connectivity index (χ0v) is 7.70. The van der Waals surface area contributed by atoms with Crippen molar-refractivity contribution in [1.82, 2.24) is 4.90 Å². The molecular weight excluding hydrogens is 181 g/mol. The first kappa shape index (κ1) is 11.4. The molecule has 0 aliphatic heterocycles. The molecule has 6 heteroatoms. The first-order valence-electron chi connectivity index (χ1n) is 3.28. The van der Waals surface area contributed by atoms with Crippen LogP contribution in [0.1, 0.15) is 6.92 Å². The predicted molar refractivity (Wildman–Crippen MR) is 44.5 cm³/mol. The summed E-state index contributed by atoms with van der Waals surface area (Å²) in [4.78, 5) is 28.9. The summed E-state index contributed by atoms with van der Waals surface area (Å²) in [6.45, 7) is 4.77. The molecule has 2 N–H and O–H groups in total. The molecule has 1 amide bonds. The Balaban J connectivity index is 4.23. The van der Waals surface area contributed by atoms with Crippen molar-refractivity contribution in [2.75, 3.05) is 12.8 Å². The van der Waals surface area contributed by atoms with Gasteiger partial charge < -0.3 is 14.7 Å². The molecule has 0 aliphatic rings. The van der Waals surface area contributed by atoms with Crippen molar-refractivity contribution in [3.05, 3.63) is 12.7 Å². The molecule has 0 heterocycles. The number of nitrogens with zero attached hydrogens (tertiary/aromatic N) is 1. The molecule has 0 atom stereocenters. The molecule has 0 rings (SSSR count). The van der Waals surface area contributed by atoms with E-state index in [1.54, 1.807) is 0 Å². The highest BCUT2D eigenvalue weighted by molar-refractivity contribution is 7.51. The molecular formula is C6H12NO4P. The number of carbonyl (C=O) groups is 1. The zero-order chi connectivity index (χ0) is 9.78. The quantitative estimate of drug-likeness (QED) is 0.492. The fourth-order valence-electron chi connectivity index (χ4n) is 0.664. The second-order valence-electron chi connectivity index (χ2n) is 2.34. The fourth-order valence-corrected chi connectivity index (χ4v) is 1.42. The molecule has 0 bridgehead atoms. The summed E-state index contributed by atoms with van der Waals surface area (Å²) >= 11 is 0. The van der Waals surface area contributed by atoms with Crippen LogP contribution in [0.4, 0.5) is 0 Å². The first-order valence-corrected chi connectivity index (χ1v) is 5.07. The van der Waals surface area contributed by atoms with Gasteiger partial charge in [0.1, 0.15) is 6.29 Å². The van der Waals surface area contributed by atoms with Gasteiger partial charge in [-0.15, -0.1) is 6.58 Å². The van der Waals surface area contributed by atoms with Gasteiger partial charge in [0, 0.05) is 13.5 Å². The molecule has 70 valence electrons. The molecule has 0 spiro atoms. The molecule has 12 heavy (non-hydrogen) atoms. The highest BCUT2D eigenvalue weighted by Gasteiger charge is 2.19. The van der Waals surface area contributed by atoms with E-state index in [0.29, 0.717) is 0 Å². The molecule has 0 radical (unpaired) electrons. The lowest BCUT2D eigenvalue weighted by atomic mass is 10.5. The Morgan fingerprint density at radius 3 is 2.42 bits per heavy atom. The third-order valence-corrected chi connectivity index (χ3v) is 1.86. The Hall–Kier alpha value is -0.640. The number of hydrogen-bond donors (Lipinski definition) is 2. The summed E-state index contributed by atoms with van der Waals surface area (Å²) in [6, 6.07) is 0. The second kappa shape index (κ2) is 4.40. The van der Waals surface area contributed by atoms with Gasteiger partial charge in [-0.25, -0.2) is 0 Å². The Kier molecular flexibility index (Phi) is 4.17. The topological polar surface area (TPSA) is 77.8 Å². The largest absolute Gasteiger partial charge is 0.344 e. The molecule has 0 aromatic heterocycles. The minimum atomic E-state index is -4.15. The van der Waals surface area contributed by atoms with Crippen molar-refractivity contribution >= 4 is 13.5 Å². The maximum atomic E-state index is 10.7. The van der Waals surface area contributed by atoms with Crippen molar-refractivity contribution in [2.24, 2.45) is 0 Å². The molecule has 0 aliphatic carbocycles. The maximum Gasteiger partial charge on any atom is 0.344 e. The van der Waals surface area contributed by atoms with Gasteiger partial charge in [-0.3, -0.25) is 9.36 Å². The van der Waals surface area contributed by atoms with Gasteiger partial charge in [0.25, 0.3) is 0 Å². The van der Waals surface area contributed by atoms with Crippen LogP contribution in [0.5, 0.6) is 0 Å². The summed E-state index contributed by atoms with van der Waals surface area (Å²) in [7, 11) is -4.15. The summed E-state index contributed by atoms with van der Waals surface area (Å²) in [5.41, 5.74) is 0. The lowest BCUT2D eigenvalue weighted by molar-refractivity contribution is -0.127. The summed E-state index contributed by atoms with van der Waals surface area (Å²) in [5.74, 6) is -0.377. The minimum Gasteiger partial charge on any atom is -0.327 e. The van der Waals surface area contributed by atoms with Crippen LogP contribution >= 0.6 is 7.60 Å². The third kappa shape index (κ3) is 5.07. The van der Waals surface area contributed by atoms with Crippen molar-refractivity contribution < 1.29 is 19.1 Å². The molecule has 0 aromatic rings. The number of hydrogen-bond acceptors (Lipinski definition) is 2. The predicted octanol–water partition coefficient (Wildman–Crippen LogP) is 0.156. The lowest BCUT2D eigenvalue weighted by Gasteiger charge is -2.19. The summed E-state index contributed by atoms with van der Waals surface area (Å²) in [5, 5.41) is 0. The Morgan fingerprint density at radius 2 is 2.17 bits per heavy atom. The maximum absolute atomic E-state index is 10.7. The fraction of sp³-hybridized carbons (Fsp3) is 0.500. The Bertz CT molecular complexity index is 222. The van der Waals surface area contributed by atoms with E-state index in [-0.39, 0.29) is 12.5 Å². The van der Waals surface area contributed by atoms with Crippen molar-refractivity contribution in [2.45, 2.75) is 6.92 Å². The average molecular weight is 193 g/mol. The molecule has 0 unspecified atom stereocenters. The van der Waals surface area contributed by atoms with Gasteiger partial charge in [-0.05, 0) is 0 Å². The van der Waals surface area contributed by atoms with Crippen LogP contribution in [-0.2, 0) is 9.36 Å². The van der Waals surface area contributed by atoms with Crippen LogP contribution in [0.15, 0.2) is 12.7 Å². The molecule has 5 nitrogen and oxygen atoms in total. The van der Waals surface area contributed by atoms with Crippen molar-refractivity contribution in [3.63, 3.8) is 0 Å². The van der Waals surface area contributed by atoms with Crippen LogP contribution in [-0.4, -0.2) is 33.4 Å². The highest BCUT2D eigenvalue weighted by Crippen LogP contribution is 2.34. The van der Waals surface area contributed by atoms with E-state index >= 15 is 0 Å². The Labute approximate surface area is 70.8 Å². The molecule has 0 saturated heterocycles. The highest BCUT2D eigenvalue weighted by atomic mass is 31.2. The van der Waals surface area contributed by atoms with E-state index in [1.807, 2.05) is 0 Å². The standard InChI is InChI=1S/C6H12NO4P/c1-3-4-7(6(2)8)5-12(9,10)11/h3H,1,4-5H2,2H3,(H2,9,10,11). The Morgan fingerprint density at radius 1 is 1.67 bits per heavy atom. The van der Waals surface area contributed by atoms with Gasteiger partial charge in [-0.1, -0.05) is 6.08 Å². The number of carbonyl (C=O) groups excluding carboxylic acids is 1. The zero-order valence-electron chi connectivity index (χ0n) is 6.80. The lowest BCUT2D eigenvalue weighted by Crippen LogP contribution is -2.29. The van der Waals surface area contributed by atoms with Gasteiger partial charge >= 0.3 is 7.60 Å². The van der Waals surface area contributed by atoms with E-state index in [1.165, 1.54) is 13.0 Å². The van der Waals surface area contributed by atoms with Crippen LogP contribution in [0, 0.1) is 0 Å². The summed E-state index contributed by atoms with van der Waals surface area (Å²) in [6.07, 6.45) is 0.866. The van der Waals surface area contributed by atoms with E-state index in [2.05, 4.69) is 6.58 Å². The van der Waals surface area contributed by atoms with Crippen LogP contribution < -0.4 is 0 Å². The van der Waals surface area contributed by atoms with Crippen LogP contribution in [0.3, 0.4) is 0 Å². The first-order chi connectivity index (χ1) is 5.37. The number of rotatable bonds is 4. The molecule has 0 saturated carbocycles. The monoisotopic (exact) mass is 193 g/mol. The third-order valence-electron chi connectivity index (χ3n) is 1.15. The summed E-state index contributed by atoms with van der Waals surface area (Å²) < 4.78 is 10.5. The second-order valence-corrected chi connectivity index (χ2v) is 3.95. The van der Waals surface area contributed by atoms with E-state index in [9.17, 15) is 9.36 Å². The van der Waals surface area contributed by atoms with Crippen molar-refractivity contribution in [1.29, 1.82) is 0 Å². The molecule has 0 fully saturated rings. The smallest absolute Gasteiger partial charge is 0.327 e. The normalized spacial score (nSPS) is 10.9. The van der Waals surface area contributed by atoms with E-state index < -0.39 is 13.9 Å². The van der Waals surface area contributed by atoms with Crippen molar-refractivity contribution in [3.8, 4) is 0 Å². The molecule has 0 aromatic carbocycles. The average Bonchev–Trinajstić information content (AvgIpc) is 1.83.